The molecule has 1 aromatic carbocycles. The minimum Gasteiger partial charge on any atom is -0.382 e. The first-order valence-corrected chi connectivity index (χ1v) is 6.25. The third kappa shape index (κ3) is 4.23. The number of aryl methyl sites for hydroxylation is 1. The van der Waals surface area contributed by atoms with E-state index in [1.807, 2.05) is 13.8 Å². The molecule has 1 aromatic rings. The van der Waals surface area contributed by atoms with E-state index in [-0.39, 0.29) is 0 Å². The standard InChI is InChI=1S/C12H17NO.C2H6/c1-10-3-2-4-12(9-10)13-11-5-7-14-8-6-11;1-2/h2-4,9,11,13H,5-8H2,1H3;1-2H3. The Bertz CT molecular complexity index is 293. The number of benzene rings is 1. The number of ether oxygens (including phenoxy) is 1. The Hall–Kier alpha value is -1.02. The highest BCUT2D eigenvalue weighted by molar-refractivity contribution is 5.46. The molecule has 90 valence electrons. The van der Waals surface area contributed by atoms with Crippen LogP contribution in [-0.2, 0) is 4.74 Å². The van der Waals surface area contributed by atoms with E-state index in [1.54, 1.807) is 0 Å². The van der Waals surface area contributed by atoms with Crippen LogP contribution in [-0.4, -0.2) is 19.3 Å². The van der Waals surface area contributed by atoms with Crippen molar-refractivity contribution in [1.29, 1.82) is 0 Å². The Labute approximate surface area is 99.0 Å². The van der Waals surface area contributed by atoms with E-state index in [2.05, 4.69) is 36.5 Å². The smallest absolute Gasteiger partial charge is 0.0485 e. The summed E-state index contributed by atoms with van der Waals surface area (Å²) in [6.45, 7) is 7.90. The van der Waals surface area contributed by atoms with Crippen LogP contribution in [0.2, 0.25) is 0 Å². The zero-order valence-electron chi connectivity index (χ0n) is 10.6. The Morgan fingerprint density at radius 2 is 1.88 bits per heavy atom. The van der Waals surface area contributed by atoms with Crippen LogP contribution in [0.5, 0.6) is 0 Å². The third-order valence-corrected chi connectivity index (χ3v) is 2.61. The highest BCUT2D eigenvalue weighted by Crippen LogP contribution is 2.15. The van der Waals surface area contributed by atoms with Gasteiger partial charge in [0.25, 0.3) is 0 Å². The van der Waals surface area contributed by atoms with Gasteiger partial charge in [-0.05, 0) is 37.5 Å². The molecule has 0 aliphatic carbocycles. The van der Waals surface area contributed by atoms with Crippen molar-refractivity contribution in [2.75, 3.05) is 18.5 Å². The molecule has 1 heterocycles. The van der Waals surface area contributed by atoms with Gasteiger partial charge in [0, 0.05) is 24.9 Å². The summed E-state index contributed by atoms with van der Waals surface area (Å²) in [5.74, 6) is 0. The molecule has 0 amide bonds. The number of nitrogens with one attached hydrogen (secondary N) is 1. The molecule has 0 unspecified atom stereocenters. The van der Waals surface area contributed by atoms with Crippen LogP contribution in [0.3, 0.4) is 0 Å². The number of hydrogen-bond acceptors (Lipinski definition) is 2. The van der Waals surface area contributed by atoms with Crippen LogP contribution < -0.4 is 5.32 Å². The highest BCUT2D eigenvalue weighted by Gasteiger charge is 2.12. The topological polar surface area (TPSA) is 21.3 Å². The lowest BCUT2D eigenvalue weighted by Crippen LogP contribution is -2.27. The first-order valence-electron chi connectivity index (χ1n) is 6.25. The minimum atomic E-state index is 0.588. The summed E-state index contributed by atoms with van der Waals surface area (Å²) in [4.78, 5) is 0. The van der Waals surface area contributed by atoms with E-state index in [1.165, 1.54) is 11.3 Å². The molecule has 0 radical (unpaired) electrons. The molecular formula is C14H23NO. The molecule has 2 nitrogen and oxygen atoms in total. The quantitative estimate of drug-likeness (QED) is 0.823. The normalized spacial score (nSPS) is 16.2. The fraction of sp³-hybridized carbons (Fsp3) is 0.571. The summed E-state index contributed by atoms with van der Waals surface area (Å²) in [6, 6.07) is 9.12. The minimum absolute atomic E-state index is 0.588. The van der Waals surface area contributed by atoms with Crippen LogP contribution in [0.25, 0.3) is 0 Å². The molecule has 16 heavy (non-hydrogen) atoms. The van der Waals surface area contributed by atoms with Gasteiger partial charge in [-0.15, -0.1) is 0 Å². The highest BCUT2D eigenvalue weighted by atomic mass is 16.5. The first-order chi connectivity index (χ1) is 7.84. The first kappa shape index (κ1) is 13.0. The van der Waals surface area contributed by atoms with Crippen molar-refractivity contribution in [2.24, 2.45) is 0 Å². The van der Waals surface area contributed by atoms with Crippen molar-refractivity contribution in [2.45, 2.75) is 39.7 Å². The lowest BCUT2D eigenvalue weighted by atomic mass is 10.1. The van der Waals surface area contributed by atoms with Crippen LogP contribution in [0.4, 0.5) is 5.69 Å². The molecule has 0 saturated carbocycles. The molecule has 2 heteroatoms. The predicted molar refractivity (Wildman–Crippen MR) is 70.0 cm³/mol. The van der Waals surface area contributed by atoms with Gasteiger partial charge < -0.3 is 10.1 Å². The van der Waals surface area contributed by atoms with Gasteiger partial charge >= 0.3 is 0 Å². The average molecular weight is 221 g/mol. The van der Waals surface area contributed by atoms with Crippen molar-refractivity contribution >= 4 is 5.69 Å². The second-order valence-electron chi connectivity index (χ2n) is 3.90. The van der Waals surface area contributed by atoms with Gasteiger partial charge in [0.05, 0.1) is 0 Å². The monoisotopic (exact) mass is 221 g/mol. The van der Waals surface area contributed by atoms with Crippen LogP contribution >= 0.6 is 0 Å². The molecule has 0 bridgehead atoms. The van der Waals surface area contributed by atoms with Crippen molar-refractivity contribution in [3.63, 3.8) is 0 Å². The average Bonchev–Trinajstić information content (AvgIpc) is 2.33. The third-order valence-electron chi connectivity index (χ3n) is 2.61. The summed E-state index contributed by atoms with van der Waals surface area (Å²) in [5.41, 5.74) is 2.54. The SMILES string of the molecule is CC.Cc1cccc(NC2CCOCC2)c1. The van der Waals surface area contributed by atoms with Crippen LogP contribution in [0.15, 0.2) is 24.3 Å². The van der Waals surface area contributed by atoms with Crippen molar-refractivity contribution in [3.8, 4) is 0 Å². The van der Waals surface area contributed by atoms with Gasteiger partial charge in [-0.2, -0.15) is 0 Å². The van der Waals surface area contributed by atoms with Crippen molar-refractivity contribution in [3.05, 3.63) is 29.8 Å². The fourth-order valence-corrected chi connectivity index (χ4v) is 1.81. The number of hydrogen-bond donors (Lipinski definition) is 1. The van der Waals surface area contributed by atoms with Gasteiger partial charge in [0.15, 0.2) is 0 Å². The molecule has 1 N–H and O–H groups in total. The molecule has 0 spiro atoms. The maximum absolute atomic E-state index is 5.32. The lowest BCUT2D eigenvalue weighted by Gasteiger charge is -2.24. The molecule has 1 fully saturated rings. The Balaban J connectivity index is 0.000000606. The number of anilines is 1. The van der Waals surface area contributed by atoms with E-state index >= 15 is 0 Å². The molecule has 2 rings (SSSR count). The predicted octanol–water partition coefficient (Wildman–Crippen LogP) is 3.61. The largest absolute Gasteiger partial charge is 0.382 e. The van der Waals surface area contributed by atoms with Gasteiger partial charge in [-0.1, -0.05) is 26.0 Å². The van der Waals surface area contributed by atoms with Gasteiger partial charge in [-0.25, -0.2) is 0 Å². The van der Waals surface area contributed by atoms with Crippen molar-refractivity contribution < 1.29 is 4.74 Å². The maximum atomic E-state index is 5.32. The zero-order valence-corrected chi connectivity index (χ0v) is 10.6. The van der Waals surface area contributed by atoms with E-state index in [9.17, 15) is 0 Å². The van der Waals surface area contributed by atoms with Crippen LogP contribution in [0.1, 0.15) is 32.3 Å². The van der Waals surface area contributed by atoms with E-state index < -0.39 is 0 Å². The van der Waals surface area contributed by atoms with Gasteiger partial charge in [0.1, 0.15) is 0 Å². The summed E-state index contributed by atoms with van der Waals surface area (Å²) in [5, 5.41) is 3.54. The van der Waals surface area contributed by atoms with Crippen molar-refractivity contribution in [1.82, 2.24) is 0 Å². The molecule has 0 aromatic heterocycles. The number of rotatable bonds is 2. The molecule has 1 saturated heterocycles. The van der Waals surface area contributed by atoms with E-state index in [0.29, 0.717) is 6.04 Å². The summed E-state index contributed by atoms with van der Waals surface area (Å²) in [7, 11) is 0. The summed E-state index contributed by atoms with van der Waals surface area (Å²) in [6.07, 6.45) is 2.24. The Morgan fingerprint density at radius 3 is 2.50 bits per heavy atom. The lowest BCUT2D eigenvalue weighted by molar-refractivity contribution is 0.0904. The Morgan fingerprint density at radius 1 is 1.19 bits per heavy atom. The Kier molecular flexibility index (Phi) is 5.94. The molecule has 1 aliphatic rings. The zero-order chi connectivity index (χ0) is 11.8. The van der Waals surface area contributed by atoms with E-state index in [0.717, 1.165) is 26.1 Å². The van der Waals surface area contributed by atoms with E-state index in [4.69, 9.17) is 4.74 Å². The fourth-order valence-electron chi connectivity index (χ4n) is 1.81. The van der Waals surface area contributed by atoms with Gasteiger partial charge in [-0.3, -0.25) is 0 Å². The maximum Gasteiger partial charge on any atom is 0.0485 e. The second kappa shape index (κ2) is 7.29. The molecule has 0 atom stereocenters. The second-order valence-corrected chi connectivity index (χ2v) is 3.90. The summed E-state index contributed by atoms with van der Waals surface area (Å²) >= 11 is 0. The molecular weight excluding hydrogens is 198 g/mol. The molecule has 1 aliphatic heterocycles. The summed E-state index contributed by atoms with van der Waals surface area (Å²) < 4.78 is 5.32. The van der Waals surface area contributed by atoms with Gasteiger partial charge in [0.2, 0.25) is 0 Å². The van der Waals surface area contributed by atoms with Crippen LogP contribution in [0, 0.1) is 6.92 Å².